The maximum absolute atomic E-state index is 12.3. The number of fused-ring (bicyclic) bond motifs is 1. The maximum atomic E-state index is 12.3. The second-order valence-electron chi connectivity index (χ2n) is 4.79. The molecule has 0 N–H and O–H groups in total. The Kier molecular flexibility index (Phi) is 3.28. The summed E-state index contributed by atoms with van der Waals surface area (Å²) in [6, 6.07) is 7.03. The molecule has 2 heteroatoms. The van der Waals surface area contributed by atoms with E-state index in [9.17, 15) is 9.59 Å². The van der Waals surface area contributed by atoms with Gasteiger partial charge in [-0.1, -0.05) is 35.9 Å². The second kappa shape index (κ2) is 4.73. The van der Waals surface area contributed by atoms with E-state index >= 15 is 0 Å². The van der Waals surface area contributed by atoms with Gasteiger partial charge in [-0.15, -0.1) is 0 Å². The van der Waals surface area contributed by atoms with Crippen molar-refractivity contribution in [2.75, 3.05) is 0 Å². The van der Waals surface area contributed by atoms with Crippen LogP contribution in [0, 0.1) is 0 Å². The molecular weight excluding hydrogens is 224 g/mol. The van der Waals surface area contributed by atoms with Crippen molar-refractivity contribution in [1.29, 1.82) is 0 Å². The fourth-order valence-corrected chi connectivity index (χ4v) is 2.10. The summed E-state index contributed by atoms with van der Waals surface area (Å²) in [5.41, 5.74) is 3.41. The quantitative estimate of drug-likeness (QED) is 0.738. The van der Waals surface area contributed by atoms with Crippen LogP contribution in [-0.4, -0.2) is 11.6 Å². The largest absolute Gasteiger partial charge is 0.289 e. The van der Waals surface area contributed by atoms with Gasteiger partial charge in [-0.05, 0) is 27.2 Å². The van der Waals surface area contributed by atoms with Gasteiger partial charge in [-0.3, -0.25) is 9.59 Å². The van der Waals surface area contributed by atoms with Crippen molar-refractivity contribution in [3.05, 3.63) is 58.2 Å². The van der Waals surface area contributed by atoms with Gasteiger partial charge >= 0.3 is 0 Å². The normalized spacial score (nSPS) is 14.6. The number of benzene rings is 1. The van der Waals surface area contributed by atoms with Crippen molar-refractivity contribution < 1.29 is 9.59 Å². The van der Waals surface area contributed by atoms with E-state index in [0.717, 1.165) is 5.57 Å². The van der Waals surface area contributed by atoms with E-state index in [-0.39, 0.29) is 11.6 Å². The number of allylic oxidation sites excluding steroid dienone is 4. The van der Waals surface area contributed by atoms with E-state index in [4.69, 9.17) is 0 Å². The van der Waals surface area contributed by atoms with E-state index in [0.29, 0.717) is 28.7 Å². The number of carbonyl (C=O) groups excluding carboxylic acids is 2. The third-order valence-electron chi connectivity index (χ3n) is 3.20. The highest BCUT2D eigenvalue weighted by atomic mass is 16.1. The summed E-state index contributed by atoms with van der Waals surface area (Å²) in [5, 5.41) is 0. The van der Waals surface area contributed by atoms with E-state index in [1.165, 1.54) is 0 Å². The summed E-state index contributed by atoms with van der Waals surface area (Å²) >= 11 is 0. The van der Waals surface area contributed by atoms with Crippen molar-refractivity contribution in [2.24, 2.45) is 0 Å². The first-order chi connectivity index (χ1) is 8.52. The molecule has 92 valence electrons. The summed E-state index contributed by atoms with van der Waals surface area (Å²) in [4.78, 5) is 24.5. The first kappa shape index (κ1) is 12.5. The maximum Gasteiger partial charge on any atom is 0.190 e. The Morgan fingerprint density at radius 1 is 1.06 bits per heavy atom. The number of carbonyl (C=O) groups is 2. The molecule has 0 amide bonds. The lowest BCUT2D eigenvalue weighted by molar-refractivity contribution is 0.0973. The zero-order valence-corrected chi connectivity index (χ0v) is 10.9. The molecule has 18 heavy (non-hydrogen) atoms. The molecule has 1 aromatic rings. The van der Waals surface area contributed by atoms with Crippen molar-refractivity contribution in [3.63, 3.8) is 0 Å². The van der Waals surface area contributed by atoms with E-state index in [2.05, 4.69) is 0 Å². The lowest BCUT2D eigenvalue weighted by Gasteiger charge is -2.18. The number of Topliss-reactive ketones (excluding diaryl/α,β-unsaturated/α-hetero) is 2. The van der Waals surface area contributed by atoms with Crippen LogP contribution < -0.4 is 0 Å². The van der Waals surface area contributed by atoms with Crippen LogP contribution in [-0.2, 0) is 0 Å². The average Bonchev–Trinajstić information content (AvgIpc) is 2.36. The average molecular weight is 240 g/mol. The SMILES string of the molecule is CC(C)=CCC1=C(C)C(=O)c2ccccc2C1=O. The molecule has 0 aromatic heterocycles. The number of hydrogen-bond donors (Lipinski definition) is 0. The first-order valence-electron chi connectivity index (χ1n) is 6.04. The molecule has 0 unspecified atom stereocenters. The Balaban J connectivity index is 2.50. The molecule has 0 aliphatic heterocycles. The molecule has 0 spiro atoms. The van der Waals surface area contributed by atoms with E-state index < -0.39 is 0 Å². The molecule has 1 aromatic carbocycles. The highest BCUT2D eigenvalue weighted by Gasteiger charge is 2.28. The smallest absolute Gasteiger partial charge is 0.190 e. The van der Waals surface area contributed by atoms with Crippen LogP contribution in [0.4, 0.5) is 0 Å². The zero-order valence-electron chi connectivity index (χ0n) is 10.9. The summed E-state index contributed by atoms with van der Waals surface area (Å²) in [5.74, 6) is -0.0393. The molecule has 0 fully saturated rings. The summed E-state index contributed by atoms with van der Waals surface area (Å²) in [7, 11) is 0. The molecule has 2 nitrogen and oxygen atoms in total. The number of rotatable bonds is 2. The molecule has 2 rings (SSSR count). The van der Waals surface area contributed by atoms with E-state index in [1.54, 1.807) is 31.2 Å². The van der Waals surface area contributed by atoms with Crippen LogP contribution in [0.2, 0.25) is 0 Å². The van der Waals surface area contributed by atoms with E-state index in [1.807, 2.05) is 19.9 Å². The Bertz CT molecular complexity index is 585. The third kappa shape index (κ3) is 2.06. The Labute approximate surface area is 107 Å². The molecule has 0 atom stereocenters. The fourth-order valence-electron chi connectivity index (χ4n) is 2.10. The molecule has 1 aliphatic rings. The lowest BCUT2D eigenvalue weighted by atomic mass is 9.83. The standard InChI is InChI=1S/C16H16O2/c1-10(2)8-9-12-11(3)15(17)13-6-4-5-7-14(13)16(12)18/h4-8H,9H2,1-3H3. The monoisotopic (exact) mass is 240 g/mol. The molecule has 0 saturated carbocycles. The summed E-state index contributed by atoms with van der Waals surface area (Å²) in [6.07, 6.45) is 2.52. The van der Waals surface area contributed by atoms with Gasteiger partial charge in [0.1, 0.15) is 0 Å². The molecule has 1 aliphatic carbocycles. The summed E-state index contributed by atoms with van der Waals surface area (Å²) < 4.78 is 0. The third-order valence-corrected chi connectivity index (χ3v) is 3.20. The highest BCUT2D eigenvalue weighted by Crippen LogP contribution is 2.28. The van der Waals surface area contributed by atoms with Crippen molar-refractivity contribution in [2.45, 2.75) is 27.2 Å². The molecule has 0 bridgehead atoms. The van der Waals surface area contributed by atoms with Gasteiger partial charge in [-0.25, -0.2) is 0 Å². The minimum absolute atomic E-state index is 0.0137. The van der Waals surface area contributed by atoms with Crippen LogP contribution in [0.25, 0.3) is 0 Å². The van der Waals surface area contributed by atoms with Crippen LogP contribution in [0.15, 0.2) is 47.1 Å². The van der Waals surface area contributed by atoms with Gasteiger partial charge in [0, 0.05) is 22.3 Å². The number of ketones is 2. The molecular formula is C16H16O2. The lowest BCUT2D eigenvalue weighted by Crippen LogP contribution is -2.20. The topological polar surface area (TPSA) is 34.1 Å². The predicted molar refractivity (Wildman–Crippen MR) is 71.9 cm³/mol. The predicted octanol–water partition coefficient (Wildman–Crippen LogP) is 3.74. The van der Waals surface area contributed by atoms with Crippen LogP contribution in [0.5, 0.6) is 0 Å². The highest BCUT2D eigenvalue weighted by molar-refractivity contribution is 6.26. The Morgan fingerprint density at radius 3 is 2.17 bits per heavy atom. The zero-order chi connectivity index (χ0) is 13.3. The molecule has 0 radical (unpaired) electrons. The van der Waals surface area contributed by atoms with Crippen molar-refractivity contribution in [3.8, 4) is 0 Å². The van der Waals surface area contributed by atoms with Gasteiger partial charge in [0.05, 0.1) is 0 Å². The van der Waals surface area contributed by atoms with Crippen molar-refractivity contribution in [1.82, 2.24) is 0 Å². The molecule has 0 saturated heterocycles. The number of hydrogen-bond acceptors (Lipinski definition) is 2. The van der Waals surface area contributed by atoms with Gasteiger partial charge in [0.25, 0.3) is 0 Å². The van der Waals surface area contributed by atoms with Gasteiger partial charge in [-0.2, -0.15) is 0 Å². The van der Waals surface area contributed by atoms with Gasteiger partial charge in [0.15, 0.2) is 11.6 Å². The fraction of sp³-hybridized carbons (Fsp3) is 0.250. The van der Waals surface area contributed by atoms with Gasteiger partial charge < -0.3 is 0 Å². The minimum Gasteiger partial charge on any atom is -0.289 e. The Morgan fingerprint density at radius 2 is 1.61 bits per heavy atom. The second-order valence-corrected chi connectivity index (χ2v) is 4.79. The summed E-state index contributed by atoms with van der Waals surface area (Å²) in [6.45, 7) is 5.71. The minimum atomic E-state index is -0.0256. The molecule has 0 heterocycles. The van der Waals surface area contributed by atoms with Crippen LogP contribution in [0.3, 0.4) is 0 Å². The van der Waals surface area contributed by atoms with Crippen molar-refractivity contribution >= 4 is 11.6 Å². The Hall–Kier alpha value is -1.96. The van der Waals surface area contributed by atoms with Gasteiger partial charge in [0.2, 0.25) is 0 Å². The van der Waals surface area contributed by atoms with Crippen LogP contribution in [0.1, 0.15) is 47.9 Å². The first-order valence-corrected chi connectivity index (χ1v) is 6.04. The van der Waals surface area contributed by atoms with Crippen LogP contribution >= 0.6 is 0 Å².